The highest BCUT2D eigenvalue weighted by atomic mass is 16.2. The molecule has 1 aliphatic heterocycles. The molecule has 0 aromatic heterocycles. The smallest absolute Gasteiger partial charge is 0.237 e. The van der Waals surface area contributed by atoms with Crippen LogP contribution in [-0.4, -0.2) is 54.5 Å². The molecule has 1 aliphatic carbocycles. The van der Waals surface area contributed by atoms with Crippen LogP contribution in [0.25, 0.3) is 6.08 Å². The first kappa shape index (κ1) is 20.8. The van der Waals surface area contributed by atoms with Gasteiger partial charge in [0.15, 0.2) is 0 Å². The number of nitrogens with zero attached hydrogens (tertiary/aromatic N) is 2. The molecule has 4 rings (SSSR count). The van der Waals surface area contributed by atoms with E-state index < -0.39 is 0 Å². The maximum absolute atomic E-state index is 13.0. The number of fused-ring (bicyclic) bond motifs is 1. The molecule has 0 saturated carbocycles. The van der Waals surface area contributed by atoms with Crippen LogP contribution in [0, 0.1) is 0 Å². The summed E-state index contributed by atoms with van der Waals surface area (Å²) in [5, 5.41) is 3.33. The summed E-state index contributed by atoms with van der Waals surface area (Å²) in [5.41, 5.74) is 3.93. The molecule has 30 heavy (non-hydrogen) atoms. The fourth-order valence-electron chi connectivity index (χ4n) is 4.60. The highest BCUT2D eigenvalue weighted by Gasteiger charge is 2.28. The van der Waals surface area contributed by atoms with Crippen molar-refractivity contribution >= 4 is 12.0 Å². The minimum absolute atomic E-state index is 0.0823. The molecule has 2 aromatic rings. The van der Waals surface area contributed by atoms with Gasteiger partial charge in [0.05, 0.1) is 12.1 Å². The van der Waals surface area contributed by atoms with Gasteiger partial charge in [0.2, 0.25) is 5.91 Å². The van der Waals surface area contributed by atoms with Crippen LogP contribution in [0.3, 0.4) is 0 Å². The summed E-state index contributed by atoms with van der Waals surface area (Å²) in [6.45, 7) is 6.90. The molecule has 2 atom stereocenters. The number of piperazine rings is 1. The van der Waals surface area contributed by atoms with Crippen LogP contribution < -0.4 is 5.32 Å². The second-order valence-electron chi connectivity index (χ2n) is 8.48. The first-order chi connectivity index (χ1) is 14.7. The Bertz CT molecular complexity index is 856. The second-order valence-corrected chi connectivity index (χ2v) is 8.48. The average molecular weight is 404 g/mol. The molecule has 0 unspecified atom stereocenters. The van der Waals surface area contributed by atoms with Crippen LogP contribution in [0.2, 0.25) is 0 Å². The Labute approximate surface area is 180 Å². The van der Waals surface area contributed by atoms with Crippen LogP contribution in [0.5, 0.6) is 0 Å². The minimum atomic E-state index is -0.0823. The number of hydrogen-bond acceptors (Lipinski definition) is 3. The van der Waals surface area contributed by atoms with Gasteiger partial charge in [0, 0.05) is 32.7 Å². The van der Waals surface area contributed by atoms with Crippen LogP contribution in [-0.2, 0) is 11.2 Å². The number of carbonyl (C=O) groups is 1. The van der Waals surface area contributed by atoms with Gasteiger partial charge in [0.25, 0.3) is 0 Å². The number of benzene rings is 2. The molecule has 2 aromatic carbocycles. The maximum atomic E-state index is 13.0. The first-order valence-electron chi connectivity index (χ1n) is 11.3. The normalized spacial score (nSPS) is 21.3. The highest BCUT2D eigenvalue weighted by Crippen LogP contribution is 2.29. The Morgan fingerprint density at radius 1 is 1.07 bits per heavy atom. The van der Waals surface area contributed by atoms with Crippen molar-refractivity contribution in [3.05, 3.63) is 77.4 Å². The van der Waals surface area contributed by atoms with E-state index in [0.29, 0.717) is 0 Å². The number of nitrogens with one attached hydrogen (secondary N) is 1. The summed E-state index contributed by atoms with van der Waals surface area (Å²) >= 11 is 0. The zero-order chi connectivity index (χ0) is 20.8. The molecular weight excluding hydrogens is 370 g/mol. The molecule has 1 amide bonds. The third kappa shape index (κ3) is 5.18. The standard InChI is InChI=1S/C26H33N3O/c1-21(26(30)27-25-15-7-13-23-12-5-6-14-24(23)25)29-19-17-28(18-20-29)16-8-11-22-9-3-2-4-10-22/h2-6,8-12,14,21,25H,7,13,15-20H2,1H3,(H,27,30)/b11-8+/t21-,25+/m0/s1. The lowest BCUT2D eigenvalue weighted by atomic mass is 9.87. The Morgan fingerprint density at radius 2 is 1.80 bits per heavy atom. The molecule has 158 valence electrons. The van der Waals surface area contributed by atoms with Crippen molar-refractivity contribution in [3.8, 4) is 0 Å². The van der Waals surface area contributed by atoms with Crippen LogP contribution in [0.15, 0.2) is 60.7 Å². The molecule has 4 nitrogen and oxygen atoms in total. The van der Waals surface area contributed by atoms with Crippen molar-refractivity contribution in [2.75, 3.05) is 32.7 Å². The van der Waals surface area contributed by atoms with E-state index in [1.807, 2.05) is 6.07 Å². The van der Waals surface area contributed by atoms with Crippen molar-refractivity contribution in [2.24, 2.45) is 0 Å². The van der Waals surface area contributed by atoms with E-state index in [0.717, 1.165) is 52.0 Å². The van der Waals surface area contributed by atoms with E-state index in [1.54, 1.807) is 0 Å². The molecule has 0 spiro atoms. The van der Waals surface area contributed by atoms with Crippen LogP contribution >= 0.6 is 0 Å². The van der Waals surface area contributed by atoms with E-state index in [4.69, 9.17) is 0 Å². The molecular formula is C26H33N3O. The van der Waals surface area contributed by atoms with E-state index in [2.05, 4.69) is 82.7 Å². The highest BCUT2D eigenvalue weighted by molar-refractivity contribution is 5.81. The monoisotopic (exact) mass is 403 g/mol. The lowest BCUT2D eigenvalue weighted by Gasteiger charge is -2.37. The summed E-state index contributed by atoms with van der Waals surface area (Å²) in [4.78, 5) is 17.7. The van der Waals surface area contributed by atoms with Gasteiger partial charge in [-0.15, -0.1) is 0 Å². The fourth-order valence-corrected chi connectivity index (χ4v) is 4.60. The third-order valence-corrected chi connectivity index (χ3v) is 6.49. The summed E-state index contributed by atoms with van der Waals surface area (Å²) in [7, 11) is 0. The number of carbonyl (C=O) groups excluding carboxylic acids is 1. The van der Waals surface area contributed by atoms with E-state index in [9.17, 15) is 4.79 Å². The third-order valence-electron chi connectivity index (χ3n) is 6.49. The molecule has 0 bridgehead atoms. The molecule has 4 heteroatoms. The van der Waals surface area contributed by atoms with E-state index in [-0.39, 0.29) is 18.0 Å². The Balaban J connectivity index is 1.25. The van der Waals surface area contributed by atoms with Crippen molar-refractivity contribution < 1.29 is 4.79 Å². The predicted molar refractivity (Wildman–Crippen MR) is 123 cm³/mol. The summed E-state index contributed by atoms with van der Waals surface area (Å²) in [6, 6.07) is 19.1. The van der Waals surface area contributed by atoms with Gasteiger partial charge in [0.1, 0.15) is 0 Å². The average Bonchev–Trinajstić information content (AvgIpc) is 2.80. The molecule has 1 N–H and O–H groups in total. The van der Waals surface area contributed by atoms with Crippen molar-refractivity contribution in [3.63, 3.8) is 0 Å². The SMILES string of the molecule is C[C@@H](C(=O)N[C@@H]1CCCc2ccccc21)N1CCN(C/C=C/c2ccccc2)CC1. The van der Waals surface area contributed by atoms with Crippen molar-refractivity contribution in [1.82, 2.24) is 15.1 Å². The number of rotatable bonds is 6. The van der Waals surface area contributed by atoms with Gasteiger partial charge < -0.3 is 5.32 Å². The van der Waals surface area contributed by atoms with Gasteiger partial charge in [-0.25, -0.2) is 0 Å². The van der Waals surface area contributed by atoms with Crippen LogP contribution in [0.4, 0.5) is 0 Å². The largest absolute Gasteiger partial charge is 0.348 e. The summed E-state index contributed by atoms with van der Waals surface area (Å²) < 4.78 is 0. The summed E-state index contributed by atoms with van der Waals surface area (Å²) in [6.07, 6.45) is 7.73. The summed E-state index contributed by atoms with van der Waals surface area (Å²) in [5.74, 6) is 0.161. The van der Waals surface area contributed by atoms with Gasteiger partial charge in [-0.1, -0.05) is 66.7 Å². The second kappa shape index (κ2) is 10.1. The maximum Gasteiger partial charge on any atom is 0.237 e. The molecule has 1 heterocycles. The minimum Gasteiger partial charge on any atom is -0.348 e. The van der Waals surface area contributed by atoms with Crippen LogP contribution in [0.1, 0.15) is 42.5 Å². The molecule has 1 fully saturated rings. The van der Waals surface area contributed by atoms with Gasteiger partial charge in [-0.2, -0.15) is 0 Å². The fraction of sp³-hybridized carbons (Fsp3) is 0.423. The topological polar surface area (TPSA) is 35.6 Å². The predicted octanol–water partition coefficient (Wildman–Crippen LogP) is 3.90. The number of hydrogen-bond donors (Lipinski definition) is 1. The lowest BCUT2D eigenvalue weighted by Crippen LogP contribution is -2.54. The van der Waals surface area contributed by atoms with Gasteiger partial charge in [-0.3, -0.25) is 14.6 Å². The quantitative estimate of drug-likeness (QED) is 0.795. The first-order valence-corrected chi connectivity index (χ1v) is 11.3. The Kier molecular flexibility index (Phi) is 6.98. The Hall–Kier alpha value is -2.43. The molecule has 0 radical (unpaired) electrons. The van der Waals surface area contributed by atoms with Gasteiger partial charge in [-0.05, 0) is 42.9 Å². The van der Waals surface area contributed by atoms with Crippen molar-refractivity contribution in [2.45, 2.75) is 38.3 Å². The zero-order valence-corrected chi connectivity index (χ0v) is 18.0. The number of aryl methyl sites for hydroxylation is 1. The van der Waals surface area contributed by atoms with E-state index in [1.165, 1.54) is 16.7 Å². The lowest BCUT2D eigenvalue weighted by molar-refractivity contribution is -0.127. The van der Waals surface area contributed by atoms with E-state index >= 15 is 0 Å². The molecule has 2 aliphatic rings. The zero-order valence-electron chi connectivity index (χ0n) is 18.0. The number of amides is 1. The van der Waals surface area contributed by atoms with Crippen molar-refractivity contribution in [1.29, 1.82) is 0 Å². The Morgan fingerprint density at radius 3 is 2.60 bits per heavy atom. The molecule has 1 saturated heterocycles. The van der Waals surface area contributed by atoms with Gasteiger partial charge >= 0.3 is 0 Å².